The van der Waals surface area contributed by atoms with Crippen molar-refractivity contribution in [2.45, 2.75) is 32.3 Å². The molecule has 1 unspecified atom stereocenters. The summed E-state index contributed by atoms with van der Waals surface area (Å²) in [5, 5.41) is 0. The molecule has 0 heterocycles. The Labute approximate surface area is 139 Å². The van der Waals surface area contributed by atoms with E-state index < -0.39 is 0 Å². The molecule has 0 spiro atoms. The van der Waals surface area contributed by atoms with Gasteiger partial charge in [-0.15, -0.1) is 0 Å². The van der Waals surface area contributed by atoms with E-state index in [1.165, 1.54) is 22.3 Å². The number of thioether (sulfide) groups is 1. The van der Waals surface area contributed by atoms with Crippen molar-refractivity contribution in [3.8, 4) is 0 Å². The van der Waals surface area contributed by atoms with Crippen LogP contribution in [0.1, 0.15) is 22.3 Å². The van der Waals surface area contributed by atoms with Crippen LogP contribution in [0.4, 0.5) is 0 Å². The summed E-state index contributed by atoms with van der Waals surface area (Å²) in [5.41, 5.74) is 5.47. The van der Waals surface area contributed by atoms with Crippen molar-refractivity contribution in [1.82, 2.24) is 0 Å². The molecule has 0 amide bonds. The van der Waals surface area contributed by atoms with Gasteiger partial charge in [0.1, 0.15) is 0 Å². The molecule has 2 rings (SSSR count). The number of hydrogen-bond acceptors (Lipinski definition) is 2. The SMILES string of the molecule is COC(Cc1ccccc1)Cc1cc[c]c(C)c1CCSC. The molecule has 0 saturated carbocycles. The van der Waals surface area contributed by atoms with E-state index in [9.17, 15) is 0 Å². The fourth-order valence-corrected chi connectivity index (χ4v) is 3.21. The molecule has 1 radical (unpaired) electrons. The third-order valence-corrected chi connectivity index (χ3v) is 4.68. The number of ether oxygens (including phenoxy) is 1. The van der Waals surface area contributed by atoms with E-state index in [0.717, 1.165) is 25.0 Å². The molecule has 22 heavy (non-hydrogen) atoms. The standard InChI is InChI=1S/C20H25OS/c1-16-8-7-11-18(20(16)12-13-22-3)15-19(21-2)14-17-9-5-4-6-10-17/h4-7,9-11,19H,12-15H2,1-3H3. The fourth-order valence-electron chi connectivity index (χ4n) is 2.80. The van der Waals surface area contributed by atoms with Crippen molar-refractivity contribution >= 4 is 11.8 Å². The lowest BCUT2D eigenvalue weighted by atomic mass is 9.93. The zero-order chi connectivity index (χ0) is 15.8. The monoisotopic (exact) mass is 313 g/mol. The Kier molecular flexibility index (Phi) is 7.01. The second kappa shape index (κ2) is 9.02. The molecule has 117 valence electrons. The summed E-state index contributed by atoms with van der Waals surface area (Å²) in [6.07, 6.45) is 5.41. The fraction of sp³-hybridized carbons (Fsp3) is 0.400. The van der Waals surface area contributed by atoms with Crippen molar-refractivity contribution < 1.29 is 4.74 Å². The molecule has 0 aliphatic heterocycles. The highest BCUT2D eigenvalue weighted by molar-refractivity contribution is 7.98. The van der Waals surface area contributed by atoms with Crippen LogP contribution in [-0.4, -0.2) is 25.2 Å². The molecule has 0 N–H and O–H groups in total. The smallest absolute Gasteiger partial charge is 0.0652 e. The Hall–Kier alpha value is -1.25. The highest BCUT2D eigenvalue weighted by Gasteiger charge is 2.13. The predicted molar refractivity (Wildman–Crippen MR) is 96.7 cm³/mol. The van der Waals surface area contributed by atoms with Gasteiger partial charge in [0, 0.05) is 7.11 Å². The summed E-state index contributed by atoms with van der Waals surface area (Å²) in [5.74, 6) is 1.15. The van der Waals surface area contributed by atoms with Gasteiger partial charge in [-0.1, -0.05) is 42.5 Å². The lowest BCUT2D eigenvalue weighted by Crippen LogP contribution is -2.18. The van der Waals surface area contributed by atoms with Crippen LogP contribution in [0.15, 0.2) is 42.5 Å². The van der Waals surface area contributed by atoms with Gasteiger partial charge in [0.05, 0.1) is 6.10 Å². The molecule has 0 saturated heterocycles. The summed E-state index contributed by atoms with van der Waals surface area (Å²) in [7, 11) is 1.82. The van der Waals surface area contributed by atoms with Crippen molar-refractivity contribution in [3.05, 3.63) is 70.8 Å². The maximum atomic E-state index is 5.74. The van der Waals surface area contributed by atoms with E-state index in [2.05, 4.69) is 55.6 Å². The van der Waals surface area contributed by atoms with Gasteiger partial charge in [0.25, 0.3) is 0 Å². The molecular weight excluding hydrogens is 288 g/mol. The lowest BCUT2D eigenvalue weighted by molar-refractivity contribution is 0.103. The van der Waals surface area contributed by atoms with E-state index in [1.807, 2.05) is 24.9 Å². The Bertz CT molecular complexity index is 565. The summed E-state index contributed by atoms with van der Waals surface area (Å²) in [4.78, 5) is 0. The van der Waals surface area contributed by atoms with E-state index in [4.69, 9.17) is 4.74 Å². The molecule has 1 nitrogen and oxygen atoms in total. The number of hydrogen-bond donors (Lipinski definition) is 0. The first-order valence-electron chi connectivity index (χ1n) is 7.79. The summed E-state index contributed by atoms with van der Waals surface area (Å²) >= 11 is 1.90. The van der Waals surface area contributed by atoms with Crippen molar-refractivity contribution in [2.75, 3.05) is 19.1 Å². The summed E-state index contributed by atoms with van der Waals surface area (Å²) in [6.45, 7) is 2.16. The maximum absolute atomic E-state index is 5.74. The van der Waals surface area contributed by atoms with Crippen LogP contribution in [-0.2, 0) is 24.0 Å². The molecule has 2 heteroatoms. The van der Waals surface area contributed by atoms with Crippen LogP contribution in [0.3, 0.4) is 0 Å². The van der Waals surface area contributed by atoms with Crippen LogP contribution in [0.2, 0.25) is 0 Å². The molecule has 2 aromatic carbocycles. The Morgan fingerprint density at radius 1 is 1.14 bits per heavy atom. The minimum absolute atomic E-state index is 0.220. The van der Waals surface area contributed by atoms with Crippen molar-refractivity contribution in [1.29, 1.82) is 0 Å². The van der Waals surface area contributed by atoms with E-state index in [1.54, 1.807) is 0 Å². The summed E-state index contributed by atoms with van der Waals surface area (Å²) in [6, 6.07) is 18.2. The second-order valence-electron chi connectivity index (χ2n) is 5.60. The van der Waals surface area contributed by atoms with Gasteiger partial charge < -0.3 is 4.74 Å². The average molecular weight is 313 g/mol. The number of benzene rings is 2. The lowest BCUT2D eigenvalue weighted by Gasteiger charge is -2.19. The van der Waals surface area contributed by atoms with E-state index >= 15 is 0 Å². The van der Waals surface area contributed by atoms with E-state index in [-0.39, 0.29) is 6.10 Å². The Morgan fingerprint density at radius 2 is 1.91 bits per heavy atom. The highest BCUT2D eigenvalue weighted by atomic mass is 32.2. The first kappa shape index (κ1) is 17.1. The largest absolute Gasteiger partial charge is 0.381 e. The molecule has 0 aliphatic rings. The predicted octanol–water partition coefficient (Wildman–Crippen LogP) is 4.50. The molecule has 0 fully saturated rings. The van der Waals surface area contributed by atoms with Crippen LogP contribution in [0.25, 0.3) is 0 Å². The third kappa shape index (κ3) is 4.89. The van der Waals surface area contributed by atoms with Crippen molar-refractivity contribution in [2.24, 2.45) is 0 Å². The van der Waals surface area contributed by atoms with Gasteiger partial charge in [0.15, 0.2) is 0 Å². The number of methoxy groups -OCH3 is 1. The van der Waals surface area contributed by atoms with Crippen LogP contribution in [0.5, 0.6) is 0 Å². The molecule has 1 atom stereocenters. The quantitative estimate of drug-likeness (QED) is 0.709. The normalized spacial score (nSPS) is 12.3. The highest BCUT2D eigenvalue weighted by Crippen LogP contribution is 2.20. The Morgan fingerprint density at radius 3 is 2.59 bits per heavy atom. The van der Waals surface area contributed by atoms with Gasteiger partial charge in [-0.05, 0) is 66.5 Å². The van der Waals surface area contributed by atoms with Crippen molar-refractivity contribution in [3.63, 3.8) is 0 Å². The van der Waals surface area contributed by atoms with Crippen LogP contribution in [0, 0.1) is 13.0 Å². The zero-order valence-corrected chi connectivity index (χ0v) is 14.6. The van der Waals surface area contributed by atoms with E-state index in [0.29, 0.717) is 0 Å². The van der Waals surface area contributed by atoms with Gasteiger partial charge >= 0.3 is 0 Å². The number of rotatable bonds is 8. The minimum atomic E-state index is 0.220. The van der Waals surface area contributed by atoms with Gasteiger partial charge in [-0.2, -0.15) is 11.8 Å². The molecule has 0 bridgehead atoms. The van der Waals surface area contributed by atoms with Gasteiger partial charge in [-0.25, -0.2) is 0 Å². The third-order valence-electron chi connectivity index (χ3n) is 4.07. The Balaban J connectivity index is 2.12. The summed E-state index contributed by atoms with van der Waals surface area (Å²) < 4.78 is 5.74. The first-order valence-corrected chi connectivity index (χ1v) is 9.18. The second-order valence-corrected chi connectivity index (χ2v) is 6.59. The minimum Gasteiger partial charge on any atom is -0.381 e. The van der Waals surface area contributed by atoms with Gasteiger partial charge in [-0.3, -0.25) is 0 Å². The van der Waals surface area contributed by atoms with Crippen LogP contribution < -0.4 is 0 Å². The first-order chi connectivity index (χ1) is 10.7. The topological polar surface area (TPSA) is 9.23 Å². The maximum Gasteiger partial charge on any atom is 0.0652 e. The molecule has 2 aromatic rings. The average Bonchev–Trinajstić information content (AvgIpc) is 2.54. The zero-order valence-electron chi connectivity index (χ0n) is 13.8. The molecule has 0 aliphatic carbocycles. The van der Waals surface area contributed by atoms with Crippen LogP contribution >= 0.6 is 11.8 Å². The number of aryl methyl sites for hydroxylation is 1. The molecular formula is C20H25OS. The van der Waals surface area contributed by atoms with Gasteiger partial charge in [0.2, 0.25) is 0 Å². The molecule has 0 aromatic heterocycles.